The lowest BCUT2D eigenvalue weighted by Crippen LogP contribution is -2.42. The molecule has 2 aromatic carbocycles. The van der Waals surface area contributed by atoms with Crippen LogP contribution in [0.2, 0.25) is 0 Å². The van der Waals surface area contributed by atoms with Gasteiger partial charge in [-0.25, -0.2) is 0 Å². The van der Waals surface area contributed by atoms with E-state index in [0.29, 0.717) is 55.5 Å². The van der Waals surface area contributed by atoms with E-state index in [1.165, 1.54) is 0 Å². The molecular weight excluding hydrogens is 358 g/mol. The predicted octanol–water partition coefficient (Wildman–Crippen LogP) is 2.94. The Morgan fingerprint density at radius 3 is 2.79 bits per heavy atom. The molecular formula is C22H25NO5. The largest absolute Gasteiger partial charge is 0.493 e. The van der Waals surface area contributed by atoms with Crippen molar-refractivity contribution in [3.05, 3.63) is 53.6 Å². The minimum absolute atomic E-state index is 0.0172. The number of methoxy groups -OCH3 is 1. The molecule has 1 saturated heterocycles. The minimum atomic E-state index is -0.921. The van der Waals surface area contributed by atoms with Gasteiger partial charge in [0, 0.05) is 13.1 Å². The first kappa shape index (κ1) is 18.6. The molecule has 6 heteroatoms. The first-order chi connectivity index (χ1) is 13.7. The fraction of sp³-hybridized carbons (Fsp3) is 0.409. The van der Waals surface area contributed by atoms with E-state index in [-0.39, 0.29) is 5.91 Å². The molecule has 0 bridgehead atoms. The molecule has 2 atom stereocenters. The van der Waals surface area contributed by atoms with Crippen molar-refractivity contribution >= 4 is 5.91 Å². The average molecular weight is 383 g/mol. The highest BCUT2D eigenvalue weighted by Crippen LogP contribution is 2.43. The molecule has 0 aromatic heterocycles. The summed E-state index contributed by atoms with van der Waals surface area (Å²) in [4.78, 5) is 14.9. The SMILES string of the molecule is COc1cc(C(O)C2CCCN(Cc3ccccc3)C2=O)cc2c1OCCO2. The minimum Gasteiger partial charge on any atom is -0.493 e. The van der Waals surface area contributed by atoms with E-state index < -0.39 is 12.0 Å². The van der Waals surface area contributed by atoms with E-state index in [0.717, 1.165) is 12.0 Å². The topological polar surface area (TPSA) is 68.2 Å². The molecule has 2 aliphatic rings. The number of ether oxygens (including phenoxy) is 3. The summed E-state index contributed by atoms with van der Waals surface area (Å²) in [7, 11) is 1.55. The van der Waals surface area contributed by atoms with E-state index in [4.69, 9.17) is 14.2 Å². The normalized spacial score (nSPS) is 20.0. The van der Waals surface area contributed by atoms with Gasteiger partial charge >= 0.3 is 0 Å². The van der Waals surface area contributed by atoms with Gasteiger partial charge in [-0.05, 0) is 36.1 Å². The fourth-order valence-electron chi connectivity index (χ4n) is 3.92. The van der Waals surface area contributed by atoms with Crippen LogP contribution in [-0.2, 0) is 11.3 Å². The van der Waals surface area contributed by atoms with Crippen LogP contribution in [0, 0.1) is 5.92 Å². The molecule has 0 spiro atoms. The third-order valence-corrected chi connectivity index (χ3v) is 5.36. The highest BCUT2D eigenvalue weighted by Gasteiger charge is 2.35. The summed E-state index contributed by atoms with van der Waals surface area (Å²) in [5.74, 6) is 1.10. The van der Waals surface area contributed by atoms with Crippen LogP contribution in [0.3, 0.4) is 0 Å². The molecule has 148 valence electrons. The van der Waals surface area contributed by atoms with Crippen LogP contribution in [0.4, 0.5) is 0 Å². The van der Waals surface area contributed by atoms with Crippen molar-refractivity contribution in [3.8, 4) is 17.2 Å². The van der Waals surface area contributed by atoms with E-state index >= 15 is 0 Å². The van der Waals surface area contributed by atoms with Crippen molar-refractivity contribution in [2.24, 2.45) is 5.92 Å². The number of benzene rings is 2. The molecule has 0 aliphatic carbocycles. The molecule has 0 radical (unpaired) electrons. The average Bonchev–Trinajstić information content (AvgIpc) is 2.74. The Bertz CT molecular complexity index is 821. The zero-order valence-electron chi connectivity index (χ0n) is 16.0. The molecule has 2 unspecified atom stereocenters. The number of carbonyl (C=O) groups excluding carboxylic acids is 1. The number of hydrogen-bond acceptors (Lipinski definition) is 5. The number of aliphatic hydroxyl groups excluding tert-OH is 1. The maximum absolute atomic E-state index is 13.1. The number of amides is 1. The quantitative estimate of drug-likeness (QED) is 0.860. The fourth-order valence-corrected chi connectivity index (χ4v) is 3.92. The predicted molar refractivity (Wildman–Crippen MR) is 104 cm³/mol. The number of nitrogens with zero attached hydrogens (tertiary/aromatic N) is 1. The van der Waals surface area contributed by atoms with Crippen molar-refractivity contribution < 1.29 is 24.1 Å². The van der Waals surface area contributed by atoms with Crippen LogP contribution >= 0.6 is 0 Å². The van der Waals surface area contributed by atoms with Crippen LogP contribution in [-0.4, -0.2) is 42.8 Å². The number of hydrogen-bond donors (Lipinski definition) is 1. The summed E-state index contributed by atoms with van der Waals surface area (Å²) >= 11 is 0. The Balaban J connectivity index is 1.55. The molecule has 2 aliphatic heterocycles. The molecule has 1 N–H and O–H groups in total. The molecule has 4 rings (SSSR count). The summed E-state index contributed by atoms with van der Waals surface area (Å²) < 4.78 is 16.7. The summed E-state index contributed by atoms with van der Waals surface area (Å²) in [6, 6.07) is 13.4. The third kappa shape index (κ3) is 3.64. The summed E-state index contributed by atoms with van der Waals surface area (Å²) in [6.45, 7) is 2.18. The Kier molecular flexibility index (Phi) is 5.39. The van der Waals surface area contributed by atoms with Crippen LogP contribution in [0.5, 0.6) is 17.2 Å². The van der Waals surface area contributed by atoms with Gasteiger partial charge < -0.3 is 24.2 Å². The van der Waals surface area contributed by atoms with E-state index in [9.17, 15) is 9.90 Å². The van der Waals surface area contributed by atoms with Crippen molar-refractivity contribution in [1.29, 1.82) is 0 Å². The molecule has 2 aromatic rings. The monoisotopic (exact) mass is 383 g/mol. The number of carbonyl (C=O) groups is 1. The van der Waals surface area contributed by atoms with Crippen LogP contribution in [0.1, 0.15) is 30.1 Å². The second-order valence-corrected chi connectivity index (χ2v) is 7.19. The molecule has 6 nitrogen and oxygen atoms in total. The lowest BCUT2D eigenvalue weighted by molar-refractivity contribution is -0.143. The molecule has 2 heterocycles. The number of likely N-dealkylation sites (tertiary alicyclic amines) is 1. The van der Waals surface area contributed by atoms with Crippen molar-refractivity contribution in [1.82, 2.24) is 4.90 Å². The standard InChI is InChI=1S/C22H25NO5/c1-26-18-12-16(13-19-21(18)28-11-10-27-19)20(24)17-8-5-9-23(22(17)25)14-15-6-3-2-4-7-15/h2-4,6-7,12-13,17,20,24H,5,8-11,14H2,1H3. The number of aliphatic hydroxyl groups is 1. The number of piperidine rings is 1. The van der Waals surface area contributed by atoms with Gasteiger partial charge in [0.05, 0.1) is 19.1 Å². The summed E-state index contributed by atoms with van der Waals surface area (Å²) in [6.07, 6.45) is 0.597. The molecule has 0 saturated carbocycles. The van der Waals surface area contributed by atoms with E-state index in [2.05, 4.69) is 0 Å². The molecule has 1 fully saturated rings. The van der Waals surface area contributed by atoms with Gasteiger partial charge in [-0.3, -0.25) is 4.79 Å². The second kappa shape index (κ2) is 8.10. The van der Waals surface area contributed by atoms with Crippen molar-refractivity contribution in [2.75, 3.05) is 26.9 Å². The zero-order chi connectivity index (χ0) is 19.5. The van der Waals surface area contributed by atoms with Gasteiger partial charge in [-0.15, -0.1) is 0 Å². The van der Waals surface area contributed by atoms with Gasteiger partial charge in [0.2, 0.25) is 11.7 Å². The second-order valence-electron chi connectivity index (χ2n) is 7.19. The van der Waals surface area contributed by atoms with Crippen LogP contribution in [0.25, 0.3) is 0 Å². The Hall–Kier alpha value is -2.73. The Morgan fingerprint density at radius 2 is 2.00 bits per heavy atom. The maximum Gasteiger partial charge on any atom is 0.228 e. The first-order valence-electron chi connectivity index (χ1n) is 9.65. The Labute approximate surface area is 164 Å². The first-order valence-corrected chi connectivity index (χ1v) is 9.65. The highest BCUT2D eigenvalue weighted by molar-refractivity contribution is 5.80. The van der Waals surface area contributed by atoms with E-state index in [1.807, 2.05) is 35.2 Å². The van der Waals surface area contributed by atoms with Crippen molar-refractivity contribution in [2.45, 2.75) is 25.5 Å². The highest BCUT2D eigenvalue weighted by atomic mass is 16.6. The van der Waals surface area contributed by atoms with Gasteiger partial charge in [-0.2, -0.15) is 0 Å². The zero-order valence-corrected chi connectivity index (χ0v) is 16.0. The van der Waals surface area contributed by atoms with Gasteiger partial charge in [0.1, 0.15) is 13.2 Å². The number of fused-ring (bicyclic) bond motifs is 1. The van der Waals surface area contributed by atoms with Gasteiger partial charge in [0.25, 0.3) is 0 Å². The Morgan fingerprint density at radius 1 is 1.21 bits per heavy atom. The molecule has 1 amide bonds. The number of rotatable bonds is 5. The van der Waals surface area contributed by atoms with Gasteiger partial charge in [0.15, 0.2) is 11.5 Å². The smallest absolute Gasteiger partial charge is 0.228 e. The van der Waals surface area contributed by atoms with Crippen molar-refractivity contribution in [3.63, 3.8) is 0 Å². The lowest BCUT2D eigenvalue weighted by Gasteiger charge is -2.35. The molecule has 28 heavy (non-hydrogen) atoms. The van der Waals surface area contributed by atoms with Crippen LogP contribution in [0.15, 0.2) is 42.5 Å². The van der Waals surface area contributed by atoms with Gasteiger partial charge in [-0.1, -0.05) is 30.3 Å². The third-order valence-electron chi connectivity index (χ3n) is 5.36. The summed E-state index contributed by atoms with van der Waals surface area (Å²) in [5, 5.41) is 11.0. The van der Waals surface area contributed by atoms with E-state index in [1.54, 1.807) is 19.2 Å². The summed E-state index contributed by atoms with van der Waals surface area (Å²) in [5.41, 5.74) is 1.70. The maximum atomic E-state index is 13.1. The lowest BCUT2D eigenvalue weighted by atomic mass is 9.87. The van der Waals surface area contributed by atoms with Crippen LogP contribution < -0.4 is 14.2 Å².